The van der Waals surface area contributed by atoms with Gasteiger partial charge in [-0.1, -0.05) is 0 Å². The van der Waals surface area contributed by atoms with Crippen molar-refractivity contribution in [3.8, 4) is 0 Å². The topological polar surface area (TPSA) is 141 Å². The zero-order chi connectivity index (χ0) is 10.6. The second kappa shape index (κ2) is 8.20. The molecule has 0 spiro atoms. The van der Waals surface area contributed by atoms with Crippen molar-refractivity contribution in [1.29, 1.82) is 0 Å². The maximum absolute atomic E-state index is 10.1. The van der Waals surface area contributed by atoms with E-state index in [-0.39, 0.29) is 49.3 Å². The molecule has 9 heteroatoms. The van der Waals surface area contributed by atoms with E-state index < -0.39 is 36.4 Å². The summed E-state index contributed by atoms with van der Waals surface area (Å²) in [7, 11) is 0. The van der Waals surface area contributed by atoms with Crippen LogP contribution < -0.4 is 15.3 Å². The fourth-order valence-electron chi connectivity index (χ4n) is 0.684. The van der Waals surface area contributed by atoms with Crippen LogP contribution in [0.25, 0.3) is 0 Å². The quantitative estimate of drug-likeness (QED) is 0.435. The summed E-state index contributed by atoms with van der Waals surface area (Å²) in [6.07, 6.45) is -2.72. The number of carbonyl (C=O) groups excluding carboxylic acids is 3. The molecule has 76 valence electrons. The van der Waals surface area contributed by atoms with E-state index in [0.29, 0.717) is 0 Å². The summed E-state index contributed by atoms with van der Waals surface area (Å²) in [6.45, 7) is 0. The first-order valence-electron chi connectivity index (χ1n) is 3.11. The average molecular weight is 422 g/mol. The Labute approximate surface area is 120 Å². The SMILES string of the molecule is O=C([O-])CC(O)(CC(=O)[O-])C(=O)[O-].[Bi+3].[Mg+2]. The molecule has 0 aliphatic rings. The van der Waals surface area contributed by atoms with E-state index in [9.17, 15) is 29.7 Å². The second-order valence-corrected chi connectivity index (χ2v) is 2.42. The van der Waals surface area contributed by atoms with Crippen molar-refractivity contribution in [2.24, 2.45) is 0 Å². The van der Waals surface area contributed by atoms with Crippen molar-refractivity contribution in [2.45, 2.75) is 18.4 Å². The molecule has 0 saturated heterocycles. The van der Waals surface area contributed by atoms with Crippen LogP contribution in [0.3, 0.4) is 0 Å². The van der Waals surface area contributed by atoms with Gasteiger partial charge in [0.05, 0.1) is 5.97 Å². The molecule has 0 heterocycles. The van der Waals surface area contributed by atoms with Crippen LogP contribution in [0.4, 0.5) is 0 Å². The van der Waals surface area contributed by atoms with Crippen LogP contribution >= 0.6 is 0 Å². The second-order valence-electron chi connectivity index (χ2n) is 2.42. The van der Waals surface area contributed by atoms with Gasteiger partial charge in [-0.15, -0.1) is 0 Å². The summed E-state index contributed by atoms with van der Waals surface area (Å²) in [5.74, 6) is -5.98. The van der Waals surface area contributed by atoms with Gasteiger partial charge < -0.3 is 34.8 Å². The van der Waals surface area contributed by atoms with Crippen molar-refractivity contribution in [1.82, 2.24) is 0 Å². The molecule has 0 rings (SSSR count). The van der Waals surface area contributed by atoms with E-state index in [4.69, 9.17) is 5.11 Å². The van der Waals surface area contributed by atoms with Gasteiger partial charge in [0.2, 0.25) is 0 Å². The number of hydrogen-bond donors (Lipinski definition) is 1. The molecule has 0 atom stereocenters. The molecule has 0 aliphatic heterocycles. The Morgan fingerprint density at radius 2 is 1.27 bits per heavy atom. The minimum absolute atomic E-state index is 0. The number of aliphatic carboxylic acids is 3. The van der Waals surface area contributed by atoms with Gasteiger partial charge in [0.25, 0.3) is 0 Å². The number of rotatable bonds is 5. The van der Waals surface area contributed by atoms with Gasteiger partial charge in [-0.3, -0.25) is 0 Å². The smallest absolute Gasteiger partial charge is 0.550 e. The fourth-order valence-corrected chi connectivity index (χ4v) is 0.684. The van der Waals surface area contributed by atoms with Gasteiger partial charge in [0, 0.05) is 24.8 Å². The van der Waals surface area contributed by atoms with Crippen LogP contribution in [0.5, 0.6) is 0 Å². The van der Waals surface area contributed by atoms with Crippen LogP contribution in [-0.4, -0.2) is 77.9 Å². The van der Waals surface area contributed by atoms with Crippen LogP contribution in [0.1, 0.15) is 12.8 Å². The molecule has 0 fully saturated rings. The zero-order valence-electron chi connectivity index (χ0n) is 7.47. The first-order chi connectivity index (χ1) is 5.78. The van der Waals surface area contributed by atoms with Crippen molar-refractivity contribution in [3.05, 3.63) is 0 Å². The van der Waals surface area contributed by atoms with Gasteiger partial charge in [0.15, 0.2) is 0 Å². The zero-order valence-corrected chi connectivity index (χ0v) is 12.4. The summed E-state index contributed by atoms with van der Waals surface area (Å²) in [4.78, 5) is 30.0. The van der Waals surface area contributed by atoms with Gasteiger partial charge in [-0.25, -0.2) is 0 Å². The molecular formula is C6H5BiMgO7+2. The number of hydrogen-bond acceptors (Lipinski definition) is 7. The molecule has 0 aliphatic carbocycles. The molecule has 2 radical (unpaired) electrons. The van der Waals surface area contributed by atoms with Crippen molar-refractivity contribution in [3.63, 3.8) is 0 Å². The van der Waals surface area contributed by atoms with E-state index in [2.05, 4.69) is 0 Å². The van der Waals surface area contributed by atoms with Crippen molar-refractivity contribution >= 4 is 67.2 Å². The standard InChI is InChI=1S/C6H8O7.Bi.Mg/c7-3(8)1-6(13,5(11)12)2-4(9)10;;/h13H,1-2H2,(H,7,8)(H,9,10)(H,11,12);;/q;+3;+2/p-3. The number of carboxylic acids is 3. The molecular weight excluding hydrogens is 417 g/mol. The third kappa shape index (κ3) is 7.89. The molecule has 7 nitrogen and oxygen atoms in total. The molecule has 0 aromatic rings. The Morgan fingerprint density at radius 1 is 1.00 bits per heavy atom. The van der Waals surface area contributed by atoms with Gasteiger partial charge in [0.1, 0.15) is 5.60 Å². The average Bonchev–Trinajstić information content (AvgIpc) is 1.82. The van der Waals surface area contributed by atoms with E-state index in [1.165, 1.54) is 0 Å². The van der Waals surface area contributed by atoms with Crippen LogP contribution in [0.2, 0.25) is 0 Å². The Hall–Kier alpha value is 0.0194. The predicted octanol–water partition coefficient (Wildman–Crippen LogP) is -6.01. The Kier molecular flexibility index (Phi) is 11.2. The third-order valence-electron chi connectivity index (χ3n) is 1.25. The molecule has 0 amide bonds. The van der Waals surface area contributed by atoms with Crippen LogP contribution in [-0.2, 0) is 14.4 Å². The summed E-state index contributed by atoms with van der Waals surface area (Å²) in [6, 6.07) is 0. The monoisotopic (exact) mass is 422 g/mol. The Morgan fingerprint density at radius 3 is 1.40 bits per heavy atom. The number of carbonyl (C=O) groups is 3. The molecule has 0 unspecified atom stereocenters. The maximum Gasteiger partial charge on any atom is 3.00 e. The Bertz CT molecular complexity index is 238. The summed E-state index contributed by atoms with van der Waals surface area (Å²) < 4.78 is 0. The van der Waals surface area contributed by atoms with E-state index in [1.54, 1.807) is 0 Å². The summed E-state index contributed by atoms with van der Waals surface area (Å²) in [5, 5.41) is 38.9. The summed E-state index contributed by atoms with van der Waals surface area (Å²) in [5.41, 5.74) is -2.97. The van der Waals surface area contributed by atoms with Gasteiger partial charge >= 0.3 is 49.3 Å². The van der Waals surface area contributed by atoms with Gasteiger partial charge in [-0.05, 0) is 0 Å². The van der Waals surface area contributed by atoms with E-state index >= 15 is 0 Å². The van der Waals surface area contributed by atoms with Crippen LogP contribution in [0, 0.1) is 0 Å². The molecule has 1 N–H and O–H groups in total. The first kappa shape index (κ1) is 20.4. The van der Waals surface area contributed by atoms with Crippen LogP contribution in [0.15, 0.2) is 0 Å². The minimum atomic E-state index is -2.97. The molecule has 0 aromatic carbocycles. The predicted molar refractivity (Wildman–Crippen MR) is 40.7 cm³/mol. The number of carboxylic acid groups (broad SMARTS) is 3. The molecule has 0 aromatic heterocycles. The largest absolute Gasteiger partial charge is 3.00 e. The normalized spacial score (nSPS) is 9.40. The first-order valence-corrected chi connectivity index (χ1v) is 3.11. The van der Waals surface area contributed by atoms with E-state index in [0.717, 1.165) is 0 Å². The minimum Gasteiger partial charge on any atom is -0.550 e. The molecule has 0 bridgehead atoms. The van der Waals surface area contributed by atoms with Crippen molar-refractivity contribution in [2.75, 3.05) is 0 Å². The fraction of sp³-hybridized carbons (Fsp3) is 0.500. The van der Waals surface area contributed by atoms with E-state index in [1.807, 2.05) is 0 Å². The Balaban J connectivity index is -0.000000720. The molecule has 0 saturated carbocycles. The summed E-state index contributed by atoms with van der Waals surface area (Å²) >= 11 is 0. The maximum atomic E-state index is 10.1. The number of aliphatic hydroxyl groups is 1. The van der Waals surface area contributed by atoms with Crippen molar-refractivity contribution < 1.29 is 34.8 Å². The third-order valence-corrected chi connectivity index (χ3v) is 1.25. The van der Waals surface area contributed by atoms with Gasteiger partial charge in [-0.2, -0.15) is 0 Å². The molecule has 15 heavy (non-hydrogen) atoms.